The summed E-state index contributed by atoms with van der Waals surface area (Å²) in [7, 11) is 0. The third kappa shape index (κ3) is 3.43. The highest BCUT2D eigenvalue weighted by Gasteiger charge is 2.23. The lowest BCUT2D eigenvalue weighted by atomic mass is 10.1. The molecule has 0 aliphatic rings. The lowest BCUT2D eigenvalue weighted by molar-refractivity contribution is -0.143. The zero-order chi connectivity index (χ0) is 13.9. The molecule has 0 bridgehead atoms. The van der Waals surface area contributed by atoms with E-state index in [1.54, 1.807) is 26.2 Å². The van der Waals surface area contributed by atoms with E-state index in [-0.39, 0.29) is 17.3 Å². The van der Waals surface area contributed by atoms with Crippen molar-refractivity contribution >= 4 is 23.2 Å². The third-order valence-corrected chi connectivity index (χ3v) is 3.41. The Kier molecular flexibility index (Phi) is 4.66. The van der Waals surface area contributed by atoms with Crippen LogP contribution in [0.4, 0.5) is 0 Å². The summed E-state index contributed by atoms with van der Waals surface area (Å²) in [5.41, 5.74) is 0.691. The maximum Gasteiger partial charge on any atom is 0.326 e. The van der Waals surface area contributed by atoms with Crippen molar-refractivity contribution in [3.63, 3.8) is 0 Å². The molecule has 0 saturated carbocycles. The van der Waals surface area contributed by atoms with Gasteiger partial charge in [-0.05, 0) is 12.8 Å². The van der Waals surface area contributed by atoms with Crippen LogP contribution in [0.2, 0.25) is 0 Å². The number of carboxylic acids is 1. The number of aliphatic carboxylic acids is 1. The Morgan fingerprint density at radius 2 is 2.11 bits per heavy atom. The van der Waals surface area contributed by atoms with Crippen molar-refractivity contribution in [1.82, 2.24) is 9.88 Å². The van der Waals surface area contributed by atoms with Crippen LogP contribution in [0.5, 0.6) is 0 Å². The van der Waals surface area contributed by atoms with Crippen LogP contribution in [-0.4, -0.2) is 27.6 Å². The molecule has 0 spiro atoms. The van der Waals surface area contributed by atoms with E-state index < -0.39 is 17.9 Å². The van der Waals surface area contributed by atoms with Crippen LogP contribution in [0.25, 0.3) is 0 Å². The fourth-order valence-corrected chi connectivity index (χ4v) is 2.21. The van der Waals surface area contributed by atoms with Gasteiger partial charge in [0, 0.05) is 11.1 Å². The van der Waals surface area contributed by atoms with E-state index >= 15 is 0 Å². The topological polar surface area (TPSA) is 88.4 Å². The molecule has 1 rings (SSSR count). The summed E-state index contributed by atoms with van der Waals surface area (Å²) in [6, 6.07) is -0.938. The Morgan fingerprint density at radius 1 is 1.50 bits per heavy atom. The molecule has 7 heteroatoms. The number of aromatic nitrogens is 1. The van der Waals surface area contributed by atoms with Crippen LogP contribution in [-0.2, 0) is 16.1 Å². The Hall–Kier alpha value is -1.63. The van der Waals surface area contributed by atoms with Gasteiger partial charge in [-0.15, -0.1) is 0 Å². The van der Waals surface area contributed by atoms with Crippen LogP contribution in [0.1, 0.15) is 19.5 Å². The minimum Gasteiger partial charge on any atom is -0.480 e. The van der Waals surface area contributed by atoms with E-state index in [0.717, 1.165) is 11.3 Å². The van der Waals surface area contributed by atoms with Gasteiger partial charge in [0.1, 0.15) is 12.6 Å². The number of rotatable bonds is 5. The molecule has 6 nitrogen and oxygen atoms in total. The summed E-state index contributed by atoms with van der Waals surface area (Å²) in [4.78, 5) is 33.8. The third-order valence-electron chi connectivity index (χ3n) is 2.53. The van der Waals surface area contributed by atoms with E-state index in [1.807, 2.05) is 0 Å². The Labute approximate surface area is 108 Å². The predicted molar refractivity (Wildman–Crippen MR) is 67.7 cm³/mol. The number of hydrogen-bond donors (Lipinski definition) is 2. The zero-order valence-electron chi connectivity index (χ0n) is 10.5. The Balaban J connectivity index is 2.73. The minimum atomic E-state index is -1.08. The SMILES string of the molecule is Cc1csc(=O)n1CC(=O)N[C@@H](C(=O)O)C(C)C. The number of nitrogens with one attached hydrogen (secondary N) is 1. The van der Waals surface area contributed by atoms with Gasteiger partial charge in [-0.1, -0.05) is 25.2 Å². The largest absolute Gasteiger partial charge is 0.480 e. The number of carboxylic acid groups (broad SMARTS) is 1. The lowest BCUT2D eigenvalue weighted by Gasteiger charge is -2.18. The van der Waals surface area contributed by atoms with Gasteiger partial charge in [-0.3, -0.25) is 14.2 Å². The van der Waals surface area contributed by atoms with Crippen LogP contribution in [0.15, 0.2) is 10.2 Å². The van der Waals surface area contributed by atoms with Crippen LogP contribution in [0.3, 0.4) is 0 Å². The van der Waals surface area contributed by atoms with Crippen molar-refractivity contribution in [2.75, 3.05) is 0 Å². The van der Waals surface area contributed by atoms with E-state index in [9.17, 15) is 14.4 Å². The van der Waals surface area contributed by atoms with Crippen LogP contribution >= 0.6 is 11.3 Å². The lowest BCUT2D eigenvalue weighted by Crippen LogP contribution is -2.46. The smallest absolute Gasteiger partial charge is 0.326 e. The molecule has 1 aromatic heterocycles. The van der Waals surface area contributed by atoms with Gasteiger partial charge >= 0.3 is 10.8 Å². The van der Waals surface area contributed by atoms with Crippen molar-refractivity contribution in [3.05, 3.63) is 20.7 Å². The first-order valence-electron chi connectivity index (χ1n) is 5.50. The van der Waals surface area contributed by atoms with Crippen molar-refractivity contribution in [2.45, 2.75) is 33.4 Å². The van der Waals surface area contributed by atoms with Crippen LogP contribution in [0, 0.1) is 12.8 Å². The fraction of sp³-hybridized carbons (Fsp3) is 0.545. The Morgan fingerprint density at radius 3 is 2.50 bits per heavy atom. The average Bonchev–Trinajstić information content (AvgIpc) is 2.56. The highest BCUT2D eigenvalue weighted by Crippen LogP contribution is 2.03. The molecule has 0 aromatic carbocycles. The molecule has 0 aliphatic heterocycles. The van der Waals surface area contributed by atoms with Gasteiger partial charge in [-0.2, -0.15) is 0 Å². The van der Waals surface area contributed by atoms with Crippen molar-refractivity contribution in [2.24, 2.45) is 5.92 Å². The van der Waals surface area contributed by atoms with Gasteiger partial charge in [0.05, 0.1) is 0 Å². The number of carbonyl (C=O) groups is 2. The molecule has 0 fully saturated rings. The van der Waals surface area contributed by atoms with E-state index in [2.05, 4.69) is 5.32 Å². The van der Waals surface area contributed by atoms with Crippen molar-refractivity contribution < 1.29 is 14.7 Å². The highest BCUT2D eigenvalue weighted by atomic mass is 32.1. The summed E-state index contributed by atoms with van der Waals surface area (Å²) >= 11 is 1.02. The van der Waals surface area contributed by atoms with Crippen molar-refractivity contribution in [1.29, 1.82) is 0 Å². The summed E-state index contributed by atoms with van der Waals surface area (Å²) in [6.45, 7) is 5.00. The van der Waals surface area contributed by atoms with E-state index in [4.69, 9.17) is 5.11 Å². The first-order chi connectivity index (χ1) is 8.32. The standard InChI is InChI=1S/C11H16N2O4S/c1-6(2)9(10(15)16)12-8(14)4-13-7(3)5-18-11(13)17/h5-6,9H,4H2,1-3H3,(H,12,14)(H,15,16)/t9-/m1/s1. The van der Waals surface area contributed by atoms with E-state index in [0.29, 0.717) is 5.69 Å². The molecular weight excluding hydrogens is 256 g/mol. The van der Waals surface area contributed by atoms with E-state index in [1.165, 1.54) is 4.57 Å². The molecule has 18 heavy (non-hydrogen) atoms. The quantitative estimate of drug-likeness (QED) is 0.814. The first kappa shape index (κ1) is 14.4. The molecule has 0 unspecified atom stereocenters. The molecule has 1 aromatic rings. The number of carbonyl (C=O) groups excluding carboxylic acids is 1. The molecule has 1 atom stereocenters. The number of nitrogens with zero attached hydrogens (tertiary/aromatic N) is 1. The molecule has 0 radical (unpaired) electrons. The summed E-state index contributed by atoms with van der Waals surface area (Å²) < 4.78 is 1.32. The zero-order valence-corrected chi connectivity index (χ0v) is 11.3. The number of thiazole rings is 1. The molecule has 1 amide bonds. The summed E-state index contributed by atoms with van der Waals surface area (Å²) in [5, 5.41) is 13.0. The van der Waals surface area contributed by atoms with Crippen LogP contribution < -0.4 is 10.2 Å². The molecule has 0 saturated heterocycles. The molecule has 0 aliphatic carbocycles. The maximum atomic E-state index is 11.7. The molecule has 1 heterocycles. The number of aryl methyl sites for hydroxylation is 1. The normalized spacial score (nSPS) is 12.4. The summed E-state index contributed by atoms with van der Waals surface area (Å²) in [5.74, 6) is -1.76. The fourth-order valence-electron chi connectivity index (χ4n) is 1.47. The second-order valence-electron chi connectivity index (χ2n) is 4.36. The highest BCUT2D eigenvalue weighted by molar-refractivity contribution is 7.07. The van der Waals surface area contributed by atoms with Gasteiger partial charge in [0.25, 0.3) is 0 Å². The second-order valence-corrected chi connectivity index (χ2v) is 5.18. The predicted octanol–water partition coefficient (Wildman–Crippen LogP) is 0.444. The van der Waals surface area contributed by atoms with Gasteiger partial charge < -0.3 is 10.4 Å². The molecule has 2 N–H and O–H groups in total. The van der Waals surface area contributed by atoms with Crippen molar-refractivity contribution in [3.8, 4) is 0 Å². The number of hydrogen-bond acceptors (Lipinski definition) is 4. The second kappa shape index (κ2) is 5.81. The first-order valence-corrected chi connectivity index (χ1v) is 6.38. The minimum absolute atomic E-state index is 0.148. The average molecular weight is 272 g/mol. The monoisotopic (exact) mass is 272 g/mol. The molecular formula is C11H16N2O4S. The van der Waals surface area contributed by atoms with Gasteiger partial charge in [0.15, 0.2) is 0 Å². The van der Waals surface area contributed by atoms with Gasteiger partial charge in [0.2, 0.25) is 5.91 Å². The molecule has 100 valence electrons. The maximum absolute atomic E-state index is 11.7. The number of amides is 1. The van der Waals surface area contributed by atoms with Gasteiger partial charge in [-0.25, -0.2) is 4.79 Å². The Bertz CT molecular complexity index is 503. The summed E-state index contributed by atoms with van der Waals surface area (Å²) in [6.07, 6.45) is 0.